The van der Waals surface area contributed by atoms with Crippen molar-refractivity contribution in [2.75, 3.05) is 6.67 Å². The van der Waals surface area contributed by atoms with Crippen LogP contribution in [0.3, 0.4) is 0 Å². The molecule has 0 fully saturated rings. The summed E-state index contributed by atoms with van der Waals surface area (Å²) in [6, 6.07) is 9.48. The number of hydrogen-bond donors (Lipinski definition) is 2. The van der Waals surface area contributed by atoms with Crippen molar-refractivity contribution < 1.29 is 22.8 Å². The third-order valence-electron chi connectivity index (χ3n) is 5.71. The number of halogens is 2. The second-order valence-corrected chi connectivity index (χ2v) is 8.38. The molecule has 12 heteroatoms. The molecule has 2 aromatic carbocycles. The Morgan fingerprint density at radius 3 is 2.53 bits per heavy atom. The van der Waals surface area contributed by atoms with Gasteiger partial charge in [0.1, 0.15) is 29.7 Å². The maximum absolute atomic E-state index is 13.6. The van der Waals surface area contributed by atoms with E-state index in [-0.39, 0.29) is 36.1 Å². The first-order chi connectivity index (χ1) is 18.2. The Balaban J connectivity index is 1.51. The fraction of sp³-hybridized carbons (Fsp3) is 0.192. The summed E-state index contributed by atoms with van der Waals surface area (Å²) in [6.45, 7) is 4.62. The summed E-state index contributed by atoms with van der Waals surface area (Å²) < 4.78 is 32.8. The molecule has 0 aliphatic carbocycles. The number of fused-ring (bicyclic) bond motifs is 1. The average Bonchev–Trinajstić information content (AvgIpc) is 3.19. The van der Waals surface area contributed by atoms with Gasteiger partial charge in [0, 0.05) is 26.2 Å². The molecule has 1 aromatic heterocycles. The zero-order valence-corrected chi connectivity index (χ0v) is 20.6. The third kappa shape index (κ3) is 5.59. The summed E-state index contributed by atoms with van der Waals surface area (Å²) in [7, 11) is 1.57. The van der Waals surface area contributed by atoms with E-state index < -0.39 is 24.2 Å². The topological polar surface area (TPSA) is 121 Å². The van der Waals surface area contributed by atoms with Crippen molar-refractivity contribution in [3.05, 3.63) is 93.6 Å². The van der Waals surface area contributed by atoms with Crippen LogP contribution in [0.25, 0.3) is 11.1 Å². The van der Waals surface area contributed by atoms with E-state index in [2.05, 4.69) is 27.3 Å². The van der Waals surface area contributed by atoms with Crippen LogP contribution in [0.4, 0.5) is 8.78 Å². The van der Waals surface area contributed by atoms with Gasteiger partial charge in [0.25, 0.3) is 11.8 Å². The van der Waals surface area contributed by atoms with Crippen molar-refractivity contribution >= 4 is 34.8 Å². The van der Waals surface area contributed by atoms with Crippen LogP contribution in [-0.2, 0) is 29.7 Å². The number of nitrogens with one attached hydrogen (secondary N) is 2. The smallest absolute Gasteiger partial charge is 0.408 e. The fourth-order valence-electron chi connectivity index (χ4n) is 3.71. The molecular formula is C26H24F2N6O4. The summed E-state index contributed by atoms with van der Waals surface area (Å²) in [5, 5.41) is 10.3. The number of nitrogens with zero attached hydrogens (tertiary/aromatic N) is 4. The molecular weight excluding hydrogens is 498 g/mol. The first-order valence-electron chi connectivity index (χ1n) is 11.5. The number of hydrazone groups is 1. The molecule has 0 atom stereocenters. The van der Waals surface area contributed by atoms with Crippen molar-refractivity contribution in [2.45, 2.75) is 20.0 Å². The minimum Gasteiger partial charge on any atom is -0.408 e. The van der Waals surface area contributed by atoms with E-state index in [1.807, 2.05) is 0 Å². The predicted molar refractivity (Wildman–Crippen MR) is 137 cm³/mol. The lowest BCUT2D eigenvalue weighted by molar-refractivity contribution is -0.119. The molecule has 1 aliphatic heterocycles. The number of rotatable bonds is 8. The van der Waals surface area contributed by atoms with Crippen LogP contribution < -0.4 is 16.4 Å². The number of hydrogen-bond acceptors (Lipinski definition) is 7. The van der Waals surface area contributed by atoms with Gasteiger partial charge in [-0.15, -0.1) is 0 Å². The van der Waals surface area contributed by atoms with Crippen LogP contribution in [0.2, 0.25) is 0 Å². The number of aryl methyl sites for hydroxylation is 2. The number of carbonyl (C=O) groups is 2. The van der Waals surface area contributed by atoms with Crippen molar-refractivity contribution in [3.63, 3.8) is 0 Å². The van der Waals surface area contributed by atoms with Gasteiger partial charge in [-0.3, -0.25) is 14.2 Å². The van der Waals surface area contributed by atoms with Gasteiger partial charge in [0.05, 0.1) is 11.7 Å². The highest BCUT2D eigenvalue weighted by Gasteiger charge is 2.27. The number of carbonyl (C=O) groups excluding carboxylic acids is 2. The average molecular weight is 523 g/mol. The Bertz CT molecular complexity index is 1580. The SMILES string of the molecule is C=C1N=C(C(=O)NCc2ccc3oc(=O)n(C)c3c2)C=C(C(=O)NCc2ccc(F)c(C)c2)N1/N=C\CF. The molecule has 0 bridgehead atoms. The largest absolute Gasteiger partial charge is 0.419 e. The molecule has 2 amide bonds. The number of aliphatic imine (C=N–C) groups is 1. The zero-order valence-electron chi connectivity index (χ0n) is 20.6. The Morgan fingerprint density at radius 1 is 1.13 bits per heavy atom. The van der Waals surface area contributed by atoms with Gasteiger partial charge in [0.2, 0.25) is 0 Å². The molecule has 1 aliphatic rings. The van der Waals surface area contributed by atoms with Gasteiger partial charge in [-0.2, -0.15) is 5.10 Å². The quantitative estimate of drug-likeness (QED) is 0.441. The molecule has 0 saturated heterocycles. The second kappa shape index (κ2) is 11.0. The molecule has 0 radical (unpaired) electrons. The van der Waals surface area contributed by atoms with Crippen LogP contribution in [0.5, 0.6) is 0 Å². The number of amides is 2. The maximum Gasteiger partial charge on any atom is 0.419 e. The highest BCUT2D eigenvalue weighted by Crippen LogP contribution is 2.20. The van der Waals surface area contributed by atoms with Crippen LogP contribution in [-0.4, -0.2) is 40.0 Å². The summed E-state index contributed by atoms with van der Waals surface area (Å²) in [4.78, 5) is 41.7. The Labute approximate surface area is 215 Å². The zero-order chi connectivity index (χ0) is 27.4. The molecule has 3 aromatic rings. The van der Waals surface area contributed by atoms with Crippen LogP contribution in [0, 0.1) is 12.7 Å². The number of benzene rings is 2. The van der Waals surface area contributed by atoms with Crippen LogP contribution in [0.15, 0.2) is 79.9 Å². The maximum atomic E-state index is 13.6. The summed E-state index contributed by atoms with van der Waals surface area (Å²) in [5.41, 5.74) is 2.56. The van der Waals surface area contributed by atoms with Crippen LogP contribution >= 0.6 is 0 Å². The molecule has 0 saturated carbocycles. The summed E-state index contributed by atoms with van der Waals surface area (Å²) in [5.74, 6) is -2.16. The van der Waals surface area contributed by atoms with Crippen LogP contribution in [0.1, 0.15) is 16.7 Å². The summed E-state index contributed by atoms with van der Waals surface area (Å²) >= 11 is 0. The molecule has 38 heavy (non-hydrogen) atoms. The van der Waals surface area contributed by atoms with Crippen molar-refractivity contribution in [3.8, 4) is 0 Å². The first kappa shape index (κ1) is 26.2. The van der Waals surface area contributed by atoms with Crippen molar-refractivity contribution in [1.29, 1.82) is 0 Å². The Morgan fingerprint density at radius 2 is 1.82 bits per heavy atom. The minimum absolute atomic E-state index is 0.0695. The minimum atomic E-state index is -0.892. The molecule has 0 unspecified atom stereocenters. The molecule has 196 valence electrons. The monoisotopic (exact) mass is 522 g/mol. The molecule has 2 N–H and O–H groups in total. The van der Waals surface area contributed by atoms with E-state index in [0.29, 0.717) is 27.8 Å². The lowest BCUT2D eigenvalue weighted by atomic mass is 10.1. The molecule has 2 heterocycles. The Hall–Kier alpha value is -4.87. The van der Waals surface area contributed by atoms with Gasteiger partial charge in [-0.25, -0.2) is 23.6 Å². The van der Waals surface area contributed by atoms with Gasteiger partial charge in [-0.1, -0.05) is 24.8 Å². The van der Waals surface area contributed by atoms with Gasteiger partial charge >= 0.3 is 5.76 Å². The highest BCUT2D eigenvalue weighted by atomic mass is 19.1. The lowest BCUT2D eigenvalue weighted by Crippen LogP contribution is -2.38. The molecule has 10 nitrogen and oxygen atoms in total. The first-order valence-corrected chi connectivity index (χ1v) is 11.5. The van der Waals surface area contributed by atoms with Gasteiger partial charge < -0.3 is 15.1 Å². The Kier molecular flexibility index (Phi) is 7.61. The number of aromatic nitrogens is 1. The normalized spacial score (nSPS) is 13.6. The number of alkyl halides is 1. The van der Waals surface area contributed by atoms with E-state index in [4.69, 9.17) is 4.42 Å². The second-order valence-electron chi connectivity index (χ2n) is 8.38. The van der Waals surface area contributed by atoms with E-state index in [9.17, 15) is 23.2 Å². The van der Waals surface area contributed by atoms with Gasteiger partial charge in [-0.05, 0) is 41.8 Å². The van der Waals surface area contributed by atoms with E-state index in [1.165, 1.54) is 22.8 Å². The van der Waals surface area contributed by atoms with Gasteiger partial charge in [0.15, 0.2) is 5.58 Å². The fourth-order valence-corrected chi connectivity index (χ4v) is 3.71. The highest BCUT2D eigenvalue weighted by molar-refractivity contribution is 6.44. The predicted octanol–water partition coefficient (Wildman–Crippen LogP) is 2.58. The van der Waals surface area contributed by atoms with Crippen molar-refractivity contribution in [2.24, 2.45) is 17.1 Å². The standard InChI is InChI=1S/C26H24F2N6O4/c1-15-10-17(4-6-19(15)28)13-30-25(36)22-12-20(32-16(2)34(22)31-9-8-27)24(35)29-14-18-5-7-23-21(11-18)33(3)26(37)38-23/h4-7,9-12H,2,8,13-14H2,1,3H3,(H,29,35)(H,30,36)/b31-9-. The van der Waals surface area contributed by atoms with Crippen molar-refractivity contribution in [1.82, 2.24) is 20.2 Å². The van der Waals surface area contributed by atoms with E-state index >= 15 is 0 Å². The molecule has 4 rings (SSSR count). The number of oxazole rings is 1. The third-order valence-corrected chi connectivity index (χ3v) is 5.71. The molecule has 0 spiro atoms. The lowest BCUT2D eigenvalue weighted by Gasteiger charge is -2.25. The van der Waals surface area contributed by atoms with E-state index in [0.717, 1.165) is 11.2 Å². The summed E-state index contributed by atoms with van der Waals surface area (Å²) in [6.07, 6.45) is 2.14. The van der Waals surface area contributed by atoms with E-state index in [1.54, 1.807) is 38.2 Å².